The third kappa shape index (κ3) is 5.54. The summed E-state index contributed by atoms with van der Waals surface area (Å²) in [6.45, 7) is 5.20. The molecule has 146 valence electrons. The first-order valence-corrected chi connectivity index (χ1v) is 9.47. The molecule has 2 aromatic carbocycles. The second-order valence-corrected chi connectivity index (χ2v) is 6.62. The van der Waals surface area contributed by atoms with E-state index < -0.39 is 0 Å². The van der Waals surface area contributed by atoms with Gasteiger partial charge in [-0.1, -0.05) is 43.1 Å². The number of aromatic hydroxyl groups is 1. The average molecular weight is 392 g/mol. The van der Waals surface area contributed by atoms with Crippen molar-refractivity contribution in [2.75, 3.05) is 20.3 Å². The van der Waals surface area contributed by atoms with Crippen LogP contribution in [-0.4, -0.2) is 36.2 Å². The molecule has 0 unspecified atom stereocenters. The second-order valence-electron chi connectivity index (χ2n) is 6.21. The van der Waals surface area contributed by atoms with Crippen molar-refractivity contribution >= 4 is 17.5 Å². The molecule has 0 heterocycles. The zero-order chi connectivity index (χ0) is 19.8. The number of unbranched alkanes of at least 4 members (excludes halogenated alkanes) is 1. The van der Waals surface area contributed by atoms with Crippen LogP contribution in [-0.2, 0) is 6.54 Å². The van der Waals surface area contributed by atoms with Crippen molar-refractivity contribution in [3.05, 3.63) is 52.5 Å². The predicted molar refractivity (Wildman–Crippen MR) is 107 cm³/mol. The van der Waals surface area contributed by atoms with Gasteiger partial charge in [-0.2, -0.15) is 0 Å². The van der Waals surface area contributed by atoms with Crippen molar-refractivity contribution in [1.82, 2.24) is 4.90 Å². The molecule has 1 N–H and O–H groups in total. The summed E-state index contributed by atoms with van der Waals surface area (Å²) >= 11 is 6.37. The number of carbonyl (C=O) groups excluding carboxylic acids is 1. The summed E-state index contributed by atoms with van der Waals surface area (Å²) in [4.78, 5) is 14.4. The van der Waals surface area contributed by atoms with E-state index in [-0.39, 0.29) is 18.2 Å². The highest BCUT2D eigenvalue weighted by atomic mass is 35.5. The van der Waals surface area contributed by atoms with E-state index in [1.54, 1.807) is 37.4 Å². The first kappa shape index (κ1) is 20.9. The summed E-state index contributed by atoms with van der Waals surface area (Å²) < 4.78 is 11.4. The summed E-state index contributed by atoms with van der Waals surface area (Å²) in [6, 6.07) is 10.2. The van der Waals surface area contributed by atoms with Crippen LogP contribution in [0.5, 0.6) is 17.2 Å². The van der Waals surface area contributed by atoms with Gasteiger partial charge < -0.3 is 19.5 Å². The fraction of sp³-hybridized carbons (Fsp3) is 0.381. The van der Waals surface area contributed by atoms with Crippen LogP contribution in [0, 0.1) is 0 Å². The first-order chi connectivity index (χ1) is 13.0. The lowest BCUT2D eigenvalue weighted by Gasteiger charge is -2.20. The van der Waals surface area contributed by atoms with Crippen LogP contribution in [0.15, 0.2) is 36.4 Å². The molecule has 0 radical (unpaired) electrons. The minimum absolute atomic E-state index is 0.157. The van der Waals surface area contributed by atoms with Crippen LogP contribution in [0.3, 0.4) is 0 Å². The van der Waals surface area contributed by atoms with Gasteiger partial charge in [0.25, 0.3) is 5.91 Å². The molecule has 0 aliphatic carbocycles. The van der Waals surface area contributed by atoms with Crippen molar-refractivity contribution in [1.29, 1.82) is 0 Å². The number of amides is 1. The number of nitrogens with zero attached hydrogens (tertiary/aromatic N) is 1. The van der Waals surface area contributed by atoms with Gasteiger partial charge in [-0.15, -0.1) is 0 Å². The molecule has 0 aromatic heterocycles. The molecule has 0 spiro atoms. The molecule has 0 aliphatic rings. The molecule has 2 rings (SSSR count). The Morgan fingerprint density at radius 2 is 1.93 bits per heavy atom. The highest BCUT2D eigenvalue weighted by Gasteiger charge is 2.19. The Morgan fingerprint density at radius 3 is 2.59 bits per heavy atom. The van der Waals surface area contributed by atoms with Gasteiger partial charge in [-0.25, -0.2) is 0 Å². The van der Waals surface area contributed by atoms with Gasteiger partial charge in [0.1, 0.15) is 5.75 Å². The third-order valence-corrected chi connectivity index (χ3v) is 4.33. The highest BCUT2D eigenvalue weighted by Crippen LogP contribution is 2.37. The van der Waals surface area contributed by atoms with E-state index in [0.717, 1.165) is 12.8 Å². The topological polar surface area (TPSA) is 59.0 Å². The fourth-order valence-corrected chi connectivity index (χ4v) is 2.87. The van der Waals surface area contributed by atoms with E-state index in [2.05, 4.69) is 6.92 Å². The quantitative estimate of drug-likeness (QED) is 0.618. The minimum Gasteiger partial charge on any atom is -0.508 e. The lowest BCUT2D eigenvalue weighted by atomic mass is 10.1. The molecular weight excluding hydrogens is 366 g/mol. The Balaban J connectivity index is 2.23. The number of ether oxygens (including phenoxy) is 2. The average Bonchev–Trinajstić information content (AvgIpc) is 2.65. The number of hydrogen-bond acceptors (Lipinski definition) is 4. The van der Waals surface area contributed by atoms with E-state index in [1.165, 1.54) is 4.90 Å². The molecule has 27 heavy (non-hydrogen) atoms. The van der Waals surface area contributed by atoms with E-state index in [4.69, 9.17) is 21.1 Å². The molecule has 0 bridgehead atoms. The molecule has 0 fully saturated rings. The summed E-state index contributed by atoms with van der Waals surface area (Å²) in [6.07, 6.45) is 1.92. The summed E-state index contributed by atoms with van der Waals surface area (Å²) in [5.74, 6) is 0.860. The SMILES string of the molecule is CCCCOc1c(Cl)cc(C(=O)N(C)Cc2ccccc2O)cc1OCC. The zero-order valence-electron chi connectivity index (χ0n) is 16.0. The molecule has 0 saturated carbocycles. The maximum Gasteiger partial charge on any atom is 0.254 e. The summed E-state index contributed by atoms with van der Waals surface area (Å²) in [7, 11) is 1.68. The van der Waals surface area contributed by atoms with Gasteiger partial charge >= 0.3 is 0 Å². The van der Waals surface area contributed by atoms with Crippen LogP contribution in [0.1, 0.15) is 42.6 Å². The van der Waals surface area contributed by atoms with Gasteiger partial charge in [0.2, 0.25) is 0 Å². The highest BCUT2D eigenvalue weighted by molar-refractivity contribution is 6.32. The van der Waals surface area contributed by atoms with E-state index in [9.17, 15) is 9.90 Å². The molecule has 0 aliphatic heterocycles. The van der Waals surface area contributed by atoms with E-state index in [1.807, 2.05) is 13.0 Å². The number of carbonyl (C=O) groups is 1. The Labute approximate surface area is 165 Å². The number of para-hydroxylation sites is 1. The lowest BCUT2D eigenvalue weighted by molar-refractivity contribution is 0.0783. The van der Waals surface area contributed by atoms with Crippen molar-refractivity contribution in [2.24, 2.45) is 0 Å². The number of hydrogen-bond donors (Lipinski definition) is 1. The largest absolute Gasteiger partial charge is 0.508 e. The Kier molecular flexibility index (Phi) is 7.80. The van der Waals surface area contributed by atoms with Gasteiger partial charge in [0.15, 0.2) is 11.5 Å². The van der Waals surface area contributed by atoms with Crippen molar-refractivity contribution in [2.45, 2.75) is 33.2 Å². The Hall–Kier alpha value is -2.40. The number of halogens is 1. The monoisotopic (exact) mass is 391 g/mol. The van der Waals surface area contributed by atoms with Crippen molar-refractivity contribution < 1.29 is 19.4 Å². The minimum atomic E-state index is -0.221. The molecule has 6 heteroatoms. The molecule has 2 aromatic rings. The van der Waals surface area contributed by atoms with Crippen LogP contribution in [0.4, 0.5) is 0 Å². The maximum atomic E-state index is 12.8. The second kappa shape index (κ2) is 10.1. The first-order valence-electron chi connectivity index (χ1n) is 9.09. The Bertz CT molecular complexity index is 779. The molecule has 0 atom stereocenters. The molecule has 5 nitrogen and oxygen atoms in total. The summed E-state index contributed by atoms with van der Waals surface area (Å²) in [5, 5.41) is 10.3. The number of phenols is 1. The van der Waals surface area contributed by atoms with Crippen molar-refractivity contribution in [3.63, 3.8) is 0 Å². The van der Waals surface area contributed by atoms with Crippen molar-refractivity contribution in [3.8, 4) is 17.2 Å². The van der Waals surface area contributed by atoms with E-state index in [0.29, 0.717) is 40.9 Å². The van der Waals surface area contributed by atoms with Gasteiger partial charge in [-0.3, -0.25) is 4.79 Å². The number of phenolic OH excluding ortho intramolecular Hbond substituents is 1. The molecular formula is C21H26ClNO4. The predicted octanol–water partition coefficient (Wildman–Crippen LogP) is 4.90. The van der Waals surface area contributed by atoms with E-state index >= 15 is 0 Å². The Morgan fingerprint density at radius 1 is 1.19 bits per heavy atom. The van der Waals surface area contributed by atoms with Crippen LogP contribution < -0.4 is 9.47 Å². The van der Waals surface area contributed by atoms with Gasteiger partial charge in [0, 0.05) is 24.7 Å². The smallest absolute Gasteiger partial charge is 0.254 e. The fourth-order valence-electron chi connectivity index (χ4n) is 2.61. The van der Waals surface area contributed by atoms with Gasteiger partial charge in [0.05, 0.1) is 18.2 Å². The summed E-state index contributed by atoms with van der Waals surface area (Å²) in [5.41, 5.74) is 1.08. The van der Waals surface area contributed by atoms with Crippen LogP contribution in [0.25, 0.3) is 0 Å². The van der Waals surface area contributed by atoms with Gasteiger partial charge in [-0.05, 0) is 31.5 Å². The normalized spacial score (nSPS) is 10.5. The number of benzene rings is 2. The molecule has 1 amide bonds. The number of rotatable bonds is 9. The maximum absolute atomic E-state index is 12.8. The third-order valence-electron chi connectivity index (χ3n) is 4.05. The zero-order valence-corrected chi connectivity index (χ0v) is 16.8. The van der Waals surface area contributed by atoms with Crippen LogP contribution in [0.2, 0.25) is 5.02 Å². The lowest BCUT2D eigenvalue weighted by Crippen LogP contribution is -2.26. The standard InChI is InChI=1S/C21H26ClNO4/c1-4-6-11-27-20-17(22)12-16(13-19(20)26-5-2)21(25)23(3)14-15-9-7-8-10-18(15)24/h7-10,12-13,24H,4-6,11,14H2,1-3H3. The van der Waals surface area contributed by atoms with Crippen LogP contribution >= 0.6 is 11.6 Å². The molecule has 0 saturated heterocycles.